The standard InChI is InChI=1S/C17H17N5O2S3/c1-9-5-3-4-6-12(9)19-16-21-22-17(27-16)26-10(2)14(24)20-15-11(13(18)23)7-8-25-15/h3-8,10H,1-2H3,(H2,18,23)(H,19,21)(H,20,24)/t10-/m1/s1. The van der Waals surface area contributed by atoms with E-state index in [0.717, 1.165) is 11.3 Å². The van der Waals surface area contributed by atoms with Gasteiger partial charge in [-0.2, -0.15) is 0 Å². The van der Waals surface area contributed by atoms with Gasteiger partial charge in [-0.1, -0.05) is 41.3 Å². The van der Waals surface area contributed by atoms with Gasteiger partial charge in [0.15, 0.2) is 4.34 Å². The second-order valence-electron chi connectivity index (χ2n) is 5.59. The number of amides is 2. The Morgan fingerprint density at radius 3 is 2.74 bits per heavy atom. The van der Waals surface area contributed by atoms with E-state index in [2.05, 4.69) is 20.8 Å². The van der Waals surface area contributed by atoms with Gasteiger partial charge in [0.1, 0.15) is 5.00 Å². The summed E-state index contributed by atoms with van der Waals surface area (Å²) in [6.07, 6.45) is 0. The molecule has 7 nitrogen and oxygen atoms in total. The summed E-state index contributed by atoms with van der Waals surface area (Å²) in [5.41, 5.74) is 7.68. The second-order valence-corrected chi connectivity index (χ2v) is 9.07. The number of rotatable bonds is 7. The molecule has 3 rings (SSSR count). The number of carbonyl (C=O) groups is 2. The topological polar surface area (TPSA) is 110 Å². The van der Waals surface area contributed by atoms with Crippen molar-refractivity contribution in [1.82, 2.24) is 10.2 Å². The summed E-state index contributed by atoms with van der Waals surface area (Å²) in [5, 5.41) is 16.6. The lowest BCUT2D eigenvalue weighted by Crippen LogP contribution is -2.23. The molecule has 0 bridgehead atoms. The number of thioether (sulfide) groups is 1. The van der Waals surface area contributed by atoms with Crippen molar-refractivity contribution in [1.29, 1.82) is 0 Å². The SMILES string of the molecule is Cc1ccccc1Nc1nnc(S[C@H](C)C(=O)Nc2sccc2C(N)=O)s1. The molecule has 0 aliphatic rings. The van der Waals surface area contributed by atoms with Gasteiger partial charge in [0.25, 0.3) is 5.91 Å². The van der Waals surface area contributed by atoms with E-state index >= 15 is 0 Å². The third-order valence-corrected chi connectivity index (χ3v) is 6.46. The first-order valence-electron chi connectivity index (χ1n) is 7.95. The molecule has 0 aliphatic heterocycles. The minimum atomic E-state index is -0.567. The van der Waals surface area contributed by atoms with Crippen molar-refractivity contribution in [3.8, 4) is 0 Å². The zero-order valence-corrected chi connectivity index (χ0v) is 17.0. The van der Waals surface area contributed by atoms with Crippen LogP contribution in [0.1, 0.15) is 22.8 Å². The molecule has 2 aromatic heterocycles. The Hall–Kier alpha value is -2.43. The highest BCUT2D eigenvalue weighted by Crippen LogP contribution is 2.32. The molecule has 2 amide bonds. The summed E-state index contributed by atoms with van der Waals surface area (Å²) in [5.74, 6) is -0.795. The molecule has 2 heterocycles. The number of benzene rings is 1. The summed E-state index contributed by atoms with van der Waals surface area (Å²) in [6, 6.07) is 9.49. The van der Waals surface area contributed by atoms with Gasteiger partial charge in [-0.15, -0.1) is 21.5 Å². The van der Waals surface area contributed by atoms with Gasteiger partial charge in [0, 0.05) is 5.69 Å². The Labute approximate surface area is 168 Å². The number of nitrogens with zero attached hydrogens (tertiary/aromatic N) is 2. The molecule has 4 N–H and O–H groups in total. The third kappa shape index (κ3) is 4.85. The van der Waals surface area contributed by atoms with Crippen molar-refractivity contribution in [3.63, 3.8) is 0 Å². The predicted molar refractivity (Wildman–Crippen MR) is 111 cm³/mol. The fourth-order valence-corrected chi connectivity index (χ4v) is 4.86. The molecule has 0 saturated heterocycles. The number of hydrogen-bond acceptors (Lipinski definition) is 8. The molecular weight excluding hydrogens is 402 g/mol. The first-order chi connectivity index (χ1) is 12.9. The fraction of sp³-hybridized carbons (Fsp3) is 0.176. The van der Waals surface area contributed by atoms with Crippen molar-refractivity contribution in [3.05, 3.63) is 46.8 Å². The van der Waals surface area contributed by atoms with E-state index < -0.39 is 11.2 Å². The maximum atomic E-state index is 12.4. The van der Waals surface area contributed by atoms with E-state index in [4.69, 9.17) is 5.73 Å². The summed E-state index contributed by atoms with van der Waals surface area (Å²) < 4.78 is 0.676. The van der Waals surface area contributed by atoms with Crippen LogP contribution in [0.25, 0.3) is 0 Å². The average Bonchev–Trinajstić information content (AvgIpc) is 3.26. The highest BCUT2D eigenvalue weighted by Gasteiger charge is 2.20. The highest BCUT2D eigenvalue weighted by molar-refractivity contribution is 8.02. The molecule has 3 aromatic rings. The molecule has 140 valence electrons. The number of thiophene rings is 1. The van der Waals surface area contributed by atoms with Gasteiger partial charge >= 0.3 is 0 Å². The van der Waals surface area contributed by atoms with Crippen LogP contribution in [0, 0.1) is 6.92 Å². The van der Waals surface area contributed by atoms with E-state index in [1.54, 1.807) is 18.4 Å². The van der Waals surface area contributed by atoms with Crippen molar-refractivity contribution >= 4 is 62.1 Å². The normalized spacial score (nSPS) is 11.8. The molecule has 0 spiro atoms. The van der Waals surface area contributed by atoms with Crippen LogP contribution in [-0.2, 0) is 4.79 Å². The number of anilines is 3. The molecule has 0 radical (unpaired) electrons. The van der Waals surface area contributed by atoms with Gasteiger partial charge in [-0.05, 0) is 36.9 Å². The maximum Gasteiger partial charge on any atom is 0.251 e. The highest BCUT2D eigenvalue weighted by atomic mass is 32.2. The van der Waals surface area contributed by atoms with Gasteiger partial charge in [-0.25, -0.2) is 0 Å². The fourth-order valence-electron chi connectivity index (χ4n) is 2.15. The first-order valence-corrected chi connectivity index (χ1v) is 10.5. The van der Waals surface area contributed by atoms with Crippen molar-refractivity contribution < 1.29 is 9.59 Å². The Morgan fingerprint density at radius 2 is 2.00 bits per heavy atom. The van der Waals surface area contributed by atoms with Crippen LogP contribution >= 0.6 is 34.4 Å². The molecule has 0 unspecified atom stereocenters. The summed E-state index contributed by atoms with van der Waals surface area (Å²) in [7, 11) is 0. The maximum absolute atomic E-state index is 12.4. The van der Waals surface area contributed by atoms with Crippen molar-refractivity contribution in [2.45, 2.75) is 23.4 Å². The lowest BCUT2D eigenvalue weighted by Gasteiger charge is -2.09. The third-order valence-electron chi connectivity index (χ3n) is 3.61. The van der Waals surface area contributed by atoms with Crippen molar-refractivity contribution in [2.75, 3.05) is 10.6 Å². The molecule has 0 saturated carbocycles. The largest absolute Gasteiger partial charge is 0.366 e. The number of para-hydroxylation sites is 1. The van der Waals surface area contributed by atoms with Crippen molar-refractivity contribution in [2.24, 2.45) is 5.73 Å². The average molecular weight is 420 g/mol. The molecule has 27 heavy (non-hydrogen) atoms. The number of nitrogens with one attached hydrogen (secondary N) is 2. The van der Waals surface area contributed by atoms with Crippen LogP contribution in [-0.4, -0.2) is 27.3 Å². The monoisotopic (exact) mass is 419 g/mol. The Balaban J connectivity index is 1.61. The minimum Gasteiger partial charge on any atom is -0.366 e. The molecule has 0 aliphatic carbocycles. The van der Waals surface area contributed by atoms with Crippen LogP contribution in [0.3, 0.4) is 0 Å². The first kappa shape index (κ1) is 19.3. The molecular formula is C17H17N5O2S3. The van der Waals surface area contributed by atoms with Crippen LogP contribution in [0.5, 0.6) is 0 Å². The lowest BCUT2D eigenvalue weighted by atomic mass is 10.2. The zero-order chi connectivity index (χ0) is 19.4. The number of hydrogen-bond donors (Lipinski definition) is 3. The summed E-state index contributed by atoms with van der Waals surface area (Å²) in [4.78, 5) is 23.7. The molecule has 10 heteroatoms. The van der Waals surface area contributed by atoms with Gasteiger partial charge < -0.3 is 16.4 Å². The van der Waals surface area contributed by atoms with Gasteiger partial charge in [0.2, 0.25) is 11.0 Å². The number of aryl methyl sites for hydroxylation is 1. The number of carbonyl (C=O) groups excluding carboxylic acids is 2. The second kappa shape index (κ2) is 8.51. The van der Waals surface area contributed by atoms with Crippen LogP contribution in [0.2, 0.25) is 0 Å². The smallest absolute Gasteiger partial charge is 0.251 e. The van der Waals surface area contributed by atoms with Crippen LogP contribution < -0.4 is 16.4 Å². The summed E-state index contributed by atoms with van der Waals surface area (Å²) in [6.45, 7) is 3.78. The van der Waals surface area contributed by atoms with E-state index in [1.165, 1.54) is 34.4 Å². The van der Waals surface area contributed by atoms with E-state index in [9.17, 15) is 9.59 Å². The van der Waals surface area contributed by atoms with E-state index in [-0.39, 0.29) is 5.91 Å². The van der Waals surface area contributed by atoms with Crippen LogP contribution in [0.4, 0.5) is 15.8 Å². The van der Waals surface area contributed by atoms with Crippen LogP contribution in [0.15, 0.2) is 40.1 Å². The Morgan fingerprint density at radius 1 is 1.22 bits per heavy atom. The number of aromatic nitrogens is 2. The van der Waals surface area contributed by atoms with Gasteiger partial charge in [-0.3, -0.25) is 9.59 Å². The van der Waals surface area contributed by atoms with E-state index in [0.29, 0.717) is 20.0 Å². The molecule has 0 fully saturated rings. The van der Waals surface area contributed by atoms with Gasteiger partial charge in [0.05, 0.1) is 10.8 Å². The van der Waals surface area contributed by atoms with E-state index in [1.807, 2.05) is 31.2 Å². The minimum absolute atomic E-state index is 0.228. The molecule has 1 aromatic carbocycles. The predicted octanol–water partition coefficient (Wildman–Crippen LogP) is 3.87. The Kier molecular flexibility index (Phi) is 6.09. The number of primary amides is 1. The Bertz CT molecular complexity index is 969. The zero-order valence-electron chi connectivity index (χ0n) is 14.6. The molecule has 1 atom stereocenters. The number of nitrogens with two attached hydrogens (primary N) is 1. The summed E-state index contributed by atoms with van der Waals surface area (Å²) >= 11 is 3.94. The lowest BCUT2D eigenvalue weighted by molar-refractivity contribution is -0.115. The quantitative estimate of drug-likeness (QED) is 0.502.